The van der Waals surface area contributed by atoms with Gasteiger partial charge in [-0.05, 0) is 19.1 Å². The number of imidazole rings is 1. The van der Waals surface area contributed by atoms with E-state index >= 15 is 0 Å². The molecule has 0 aliphatic carbocycles. The lowest BCUT2D eigenvalue weighted by Crippen LogP contribution is -1.95. The van der Waals surface area contributed by atoms with E-state index in [2.05, 4.69) is 10.2 Å². The molecule has 0 aliphatic heterocycles. The number of fused-ring (bicyclic) bond motifs is 3. The number of aryl methyl sites for hydroxylation is 1. The molecule has 3 aromatic rings. The van der Waals surface area contributed by atoms with Gasteiger partial charge in [-0.2, -0.15) is 0 Å². The molecule has 18 heavy (non-hydrogen) atoms. The molecule has 5 nitrogen and oxygen atoms in total. The van der Waals surface area contributed by atoms with E-state index in [1.165, 1.54) is 11.8 Å². The molecule has 3 rings (SSSR count). The summed E-state index contributed by atoms with van der Waals surface area (Å²) >= 11 is 1.42. The standard InChI is InChI=1S/C12H12N4OS/c1-8(17)7-18-12-14-13-11-15(2)9-5-3-4-6-10(9)16(11)12/h3-6H,7H2,1-2H3. The molecule has 0 saturated heterocycles. The highest BCUT2D eigenvalue weighted by atomic mass is 32.2. The second kappa shape index (κ2) is 4.13. The SMILES string of the molecule is CC(=O)CSc1nnc2n(C)c3ccccc3n12. The summed E-state index contributed by atoms with van der Waals surface area (Å²) in [4.78, 5) is 11.1. The first-order chi connectivity index (χ1) is 8.68. The number of carbonyl (C=O) groups excluding carboxylic acids is 1. The molecule has 0 atom stereocenters. The summed E-state index contributed by atoms with van der Waals surface area (Å²) in [5.41, 5.74) is 2.16. The van der Waals surface area contributed by atoms with Crippen molar-refractivity contribution in [1.82, 2.24) is 19.2 Å². The largest absolute Gasteiger partial charge is 0.311 e. The Morgan fingerprint density at radius 2 is 2.00 bits per heavy atom. The molecule has 0 unspecified atom stereocenters. The number of carbonyl (C=O) groups is 1. The molecule has 0 fully saturated rings. The Balaban J connectivity index is 2.22. The molecule has 92 valence electrons. The van der Waals surface area contributed by atoms with Gasteiger partial charge in [0, 0.05) is 7.05 Å². The van der Waals surface area contributed by atoms with Crippen molar-refractivity contribution in [1.29, 1.82) is 0 Å². The average Bonchev–Trinajstić information content (AvgIpc) is 2.89. The molecule has 0 spiro atoms. The van der Waals surface area contributed by atoms with Crippen molar-refractivity contribution in [3.63, 3.8) is 0 Å². The van der Waals surface area contributed by atoms with Crippen LogP contribution in [0.1, 0.15) is 6.92 Å². The van der Waals surface area contributed by atoms with Crippen molar-refractivity contribution in [2.75, 3.05) is 5.75 Å². The van der Waals surface area contributed by atoms with Crippen LogP contribution in [0.15, 0.2) is 29.4 Å². The number of para-hydroxylation sites is 2. The van der Waals surface area contributed by atoms with E-state index in [1.54, 1.807) is 6.92 Å². The van der Waals surface area contributed by atoms with E-state index in [9.17, 15) is 4.79 Å². The summed E-state index contributed by atoms with van der Waals surface area (Å²) in [6, 6.07) is 8.06. The minimum absolute atomic E-state index is 0.136. The van der Waals surface area contributed by atoms with Crippen LogP contribution in [0.4, 0.5) is 0 Å². The fraction of sp³-hybridized carbons (Fsp3) is 0.250. The van der Waals surface area contributed by atoms with Gasteiger partial charge in [0.1, 0.15) is 5.78 Å². The fourth-order valence-electron chi connectivity index (χ4n) is 1.99. The van der Waals surface area contributed by atoms with E-state index in [0.717, 1.165) is 22.0 Å². The third-order valence-corrected chi connectivity index (χ3v) is 3.88. The van der Waals surface area contributed by atoms with E-state index in [0.29, 0.717) is 5.75 Å². The number of rotatable bonds is 3. The highest BCUT2D eigenvalue weighted by Crippen LogP contribution is 2.24. The summed E-state index contributed by atoms with van der Waals surface area (Å²) in [6.45, 7) is 1.58. The minimum Gasteiger partial charge on any atom is -0.311 e. The normalized spacial score (nSPS) is 11.4. The number of aromatic nitrogens is 4. The molecule has 0 aliphatic rings. The lowest BCUT2D eigenvalue weighted by Gasteiger charge is -1.96. The molecular formula is C12H12N4OS. The zero-order chi connectivity index (χ0) is 12.7. The van der Waals surface area contributed by atoms with E-state index < -0.39 is 0 Å². The molecule has 0 bridgehead atoms. The van der Waals surface area contributed by atoms with Gasteiger partial charge in [0.15, 0.2) is 5.16 Å². The van der Waals surface area contributed by atoms with E-state index in [1.807, 2.05) is 40.3 Å². The monoisotopic (exact) mass is 260 g/mol. The van der Waals surface area contributed by atoms with E-state index in [-0.39, 0.29) is 5.78 Å². The van der Waals surface area contributed by atoms with Crippen LogP contribution < -0.4 is 0 Å². The molecule has 0 N–H and O–H groups in total. The maximum atomic E-state index is 11.1. The summed E-state index contributed by atoms with van der Waals surface area (Å²) in [5.74, 6) is 1.35. The van der Waals surface area contributed by atoms with Crippen LogP contribution in [-0.4, -0.2) is 30.7 Å². The van der Waals surface area contributed by atoms with Crippen molar-refractivity contribution in [2.45, 2.75) is 12.1 Å². The maximum absolute atomic E-state index is 11.1. The molecule has 2 heterocycles. The van der Waals surface area contributed by atoms with Gasteiger partial charge in [-0.25, -0.2) is 0 Å². The van der Waals surface area contributed by atoms with Crippen molar-refractivity contribution >= 4 is 34.4 Å². The molecule has 0 radical (unpaired) electrons. The van der Waals surface area contributed by atoms with Crippen LogP contribution in [0.25, 0.3) is 16.8 Å². The van der Waals surface area contributed by atoms with Crippen LogP contribution in [-0.2, 0) is 11.8 Å². The topological polar surface area (TPSA) is 52.2 Å². The quantitative estimate of drug-likeness (QED) is 0.675. The number of nitrogens with zero attached hydrogens (tertiary/aromatic N) is 4. The minimum atomic E-state index is 0.136. The first-order valence-electron chi connectivity index (χ1n) is 5.59. The van der Waals surface area contributed by atoms with E-state index in [4.69, 9.17) is 0 Å². The third kappa shape index (κ3) is 1.60. The zero-order valence-electron chi connectivity index (χ0n) is 10.1. The Morgan fingerprint density at radius 1 is 1.28 bits per heavy atom. The van der Waals surface area contributed by atoms with Crippen LogP contribution in [0, 0.1) is 0 Å². The molecule has 6 heteroatoms. The highest BCUT2D eigenvalue weighted by Gasteiger charge is 2.14. The number of hydrogen-bond acceptors (Lipinski definition) is 4. The molecule has 2 aromatic heterocycles. The number of thioether (sulfide) groups is 1. The zero-order valence-corrected chi connectivity index (χ0v) is 10.9. The number of hydrogen-bond donors (Lipinski definition) is 0. The lowest BCUT2D eigenvalue weighted by atomic mass is 10.3. The van der Waals surface area contributed by atoms with Gasteiger partial charge in [-0.3, -0.25) is 9.20 Å². The number of benzene rings is 1. The fourth-order valence-corrected chi connectivity index (χ4v) is 2.73. The smallest absolute Gasteiger partial charge is 0.236 e. The van der Waals surface area contributed by atoms with Crippen molar-refractivity contribution in [3.05, 3.63) is 24.3 Å². The van der Waals surface area contributed by atoms with Crippen LogP contribution in [0.2, 0.25) is 0 Å². The Hall–Kier alpha value is -1.82. The average molecular weight is 260 g/mol. The van der Waals surface area contributed by atoms with Gasteiger partial charge >= 0.3 is 0 Å². The summed E-state index contributed by atoms with van der Waals surface area (Å²) in [7, 11) is 1.96. The van der Waals surface area contributed by atoms with Gasteiger partial charge < -0.3 is 4.57 Å². The number of Topliss-reactive ketones (excluding diaryl/α,β-unsaturated/α-hetero) is 1. The van der Waals surface area contributed by atoms with Gasteiger partial charge in [-0.15, -0.1) is 10.2 Å². The third-order valence-electron chi connectivity index (χ3n) is 2.80. The Bertz CT molecular complexity index is 743. The first kappa shape index (κ1) is 11.3. The first-order valence-corrected chi connectivity index (χ1v) is 6.58. The lowest BCUT2D eigenvalue weighted by molar-refractivity contribution is -0.114. The van der Waals surface area contributed by atoms with Crippen molar-refractivity contribution in [2.24, 2.45) is 7.05 Å². The Labute approximate surface area is 108 Å². The molecule has 1 aromatic carbocycles. The van der Waals surface area contributed by atoms with Crippen molar-refractivity contribution < 1.29 is 4.79 Å². The van der Waals surface area contributed by atoms with Crippen LogP contribution in [0.3, 0.4) is 0 Å². The van der Waals surface area contributed by atoms with Gasteiger partial charge in [0.2, 0.25) is 5.78 Å². The molecule has 0 saturated carbocycles. The van der Waals surface area contributed by atoms with Crippen molar-refractivity contribution in [3.8, 4) is 0 Å². The molecule has 0 amide bonds. The van der Waals surface area contributed by atoms with Gasteiger partial charge in [-0.1, -0.05) is 23.9 Å². The summed E-state index contributed by atoms with van der Waals surface area (Å²) in [5, 5.41) is 9.08. The van der Waals surface area contributed by atoms with Gasteiger partial charge in [0.05, 0.1) is 16.8 Å². The Morgan fingerprint density at radius 3 is 2.72 bits per heavy atom. The van der Waals surface area contributed by atoms with Crippen LogP contribution >= 0.6 is 11.8 Å². The van der Waals surface area contributed by atoms with Gasteiger partial charge in [0.25, 0.3) is 0 Å². The summed E-state index contributed by atoms with van der Waals surface area (Å²) < 4.78 is 3.99. The number of ketones is 1. The predicted molar refractivity (Wildman–Crippen MR) is 70.9 cm³/mol. The Kier molecular flexibility index (Phi) is 2.59. The summed E-state index contributed by atoms with van der Waals surface area (Å²) in [6.07, 6.45) is 0. The predicted octanol–water partition coefficient (Wildman–Crippen LogP) is 1.90. The second-order valence-electron chi connectivity index (χ2n) is 4.16. The second-order valence-corrected chi connectivity index (χ2v) is 5.10. The maximum Gasteiger partial charge on any atom is 0.236 e. The highest BCUT2D eigenvalue weighted by molar-refractivity contribution is 7.99. The molecular weight excluding hydrogens is 248 g/mol. The van der Waals surface area contributed by atoms with Crippen LogP contribution in [0.5, 0.6) is 0 Å².